The highest BCUT2D eigenvalue weighted by molar-refractivity contribution is 8.00. The number of amides is 1. The van der Waals surface area contributed by atoms with Crippen LogP contribution >= 0.6 is 23.1 Å². The molecular formula is C23H18F3N3OS2. The number of nitrogens with one attached hydrogen (secondary N) is 1. The number of carbonyl (C=O) groups is 1. The molecule has 0 radical (unpaired) electrons. The number of fused-ring (bicyclic) bond motifs is 1. The van der Waals surface area contributed by atoms with Crippen LogP contribution in [-0.4, -0.2) is 16.6 Å². The molecule has 1 aliphatic carbocycles. The van der Waals surface area contributed by atoms with E-state index in [0.717, 1.165) is 71.3 Å². The predicted molar refractivity (Wildman–Crippen MR) is 120 cm³/mol. The lowest BCUT2D eigenvalue weighted by molar-refractivity contribution is -0.137. The van der Waals surface area contributed by atoms with Gasteiger partial charge in [-0.1, -0.05) is 23.9 Å². The van der Waals surface area contributed by atoms with Gasteiger partial charge < -0.3 is 5.32 Å². The van der Waals surface area contributed by atoms with Crippen molar-refractivity contribution in [1.82, 2.24) is 4.98 Å². The number of nitrogens with zero attached hydrogens (tertiary/aromatic N) is 2. The van der Waals surface area contributed by atoms with Crippen LogP contribution < -0.4 is 5.32 Å². The van der Waals surface area contributed by atoms with Crippen LogP contribution in [0.1, 0.15) is 35.2 Å². The van der Waals surface area contributed by atoms with Crippen LogP contribution in [0.15, 0.2) is 46.8 Å². The summed E-state index contributed by atoms with van der Waals surface area (Å²) in [6.07, 6.45) is -0.725. The van der Waals surface area contributed by atoms with E-state index in [-0.39, 0.29) is 11.4 Å². The Labute approximate surface area is 191 Å². The number of thioether (sulfide) groups is 1. The molecule has 0 bridgehead atoms. The molecule has 9 heteroatoms. The number of hydrogen-bond acceptors (Lipinski definition) is 5. The normalized spacial score (nSPS) is 13.3. The molecule has 0 fully saturated rings. The molecule has 1 aromatic carbocycles. The highest BCUT2D eigenvalue weighted by atomic mass is 32.2. The summed E-state index contributed by atoms with van der Waals surface area (Å²) in [4.78, 5) is 18.1. The molecule has 0 saturated heterocycles. The number of hydrogen-bond donors (Lipinski definition) is 1. The van der Waals surface area contributed by atoms with E-state index in [1.54, 1.807) is 11.3 Å². The molecule has 32 heavy (non-hydrogen) atoms. The first kappa shape index (κ1) is 22.4. The number of benzene rings is 1. The second kappa shape index (κ2) is 9.35. The standard InChI is InChI=1S/C23H18F3N3OS2/c24-23(25,26)14-5-3-6-15(11-14)28-20(30)13-32-22-17(12-27)21(19-9-4-10-31-19)16-7-1-2-8-18(16)29-22/h3-6,9-11H,1-2,7-8,13H2,(H,28,30). The minimum atomic E-state index is -4.48. The van der Waals surface area contributed by atoms with Gasteiger partial charge in [0.2, 0.25) is 5.91 Å². The SMILES string of the molecule is N#Cc1c(SCC(=O)Nc2cccc(C(F)(F)F)c2)nc2c(c1-c1cccs1)CCCC2. The van der Waals surface area contributed by atoms with Gasteiger partial charge in [0.1, 0.15) is 11.1 Å². The molecule has 2 aromatic heterocycles. The lowest BCUT2D eigenvalue weighted by atomic mass is 9.89. The first-order valence-corrected chi connectivity index (χ1v) is 11.8. The molecule has 0 atom stereocenters. The van der Waals surface area contributed by atoms with Crippen molar-refractivity contribution in [1.29, 1.82) is 5.26 Å². The summed E-state index contributed by atoms with van der Waals surface area (Å²) in [5.41, 5.74) is 2.65. The van der Waals surface area contributed by atoms with Crippen molar-refractivity contribution in [2.24, 2.45) is 0 Å². The van der Waals surface area contributed by atoms with Gasteiger partial charge in [0.15, 0.2) is 0 Å². The van der Waals surface area contributed by atoms with Gasteiger partial charge in [-0.05, 0) is 60.9 Å². The van der Waals surface area contributed by atoms with Crippen LogP contribution in [0.5, 0.6) is 0 Å². The van der Waals surface area contributed by atoms with E-state index < -0.39 is 17.6 Å². The Hall–Kier alpha value is -2.83. The number of anilines is 1. The van der Waals surface area contributed by atoms with E-state index in [1.807, 2.05) is 17.5 Å². The maximum absolute atomic E-state index is 12.9. The minimum Gasteiger partial charge on any atom is -0.325 e. The summed E-state index contributed by atoms with van der Waals surface area (Å²) < 4.78 is 38.7. The number of halogens is 3. The Kier molecular flexibility index (Phi) is 6.53. The maximum atomic E-state index is 12.9. The second-order valence-corrected chi connectivity index (χ2v) is 9.22. The molecule has 4 nitrogen and oxygen atoms in total. The maximum Gasteiger partial charge on any atom is 0.416 e. The number of nitriles is 1. The molecule has 1 amide bonds. The van der Waals surface area contributed by atoms with Crippen molar-refractivity contribution in [3.05, 3.63) is 64.2 Å². The number of thiophene rings is 1. The fourth-order valence-corrected chi connectivity index (χ4v) is 5.33. The second-order valence-electron chi connectivity index (χ2n) is 7.30. The third kappa shape index (κ3) is 4.81. The van der Waals surface area contributed by atoms with Crippen LogP contribution in [-0.2, 0) is 23.8 Å². The predicted octanol–water partition coefficient (Wildman–Crippen LogP) is 6.31. The number of pyridine rings is 1. The summed E-state index contributed by atoms with van der Waals surface area (Å²) in [5.74, 6) is -0.531. The van der Waals surface area contributed by atoms with Crippen molar-refractivity contribution in [3.8, 4) is 16.5 Å². The summed E-state index contributed by atoms with van der Waals surface area (Å²) in [6.45, 7) is 0. The molecule has 0 unspecified atom stereocenters. The molecule has 4 rings (SSSR count). The average molecular weight is 474 g/mol. The van der Waals surface area contributed by atoms with Crippen molar-refractivity contribution in [2.75, 3.05) is 11.1 Å². The molecular weight excluding hydrogens is 455 g/mol. The van der Waals surface area contributed by atoms with Gasteiger partial charge in [-0.25, -0.2) is 4.98 Å². The summed E-state index contributed by atoms with van der Waals surface area (Å²) in [6, 6.07) is 10.7. The van der Waals surface area contributed by atoms with E-state index in [1.165, 1.54) is 12.1 Å². The van der Waals surface area contributed by atoms with Gasteiger partial charge in [-0.15, -0.1) is 11.3 Å². The first-order valence-electron chi connectivity index (χ1n) is 9.96. The topological polar surface area (TPSA) is 65.8 Å². The van der Waals surface area contributed by atoms with Gasteiger partial charge >= 0.3 is 6.18 Å². The van der Waals surface area contributed by atoms with Crippen molar-refractivity contribution < 1.29 is 18.0 Å². The summed E-state index contributed by atoms with van der Waals surface area (Å²) in [5, 5.41) is 14.8. The molecule has 1 aliphatic rings. The zero-order chi connectivity index (χ0) is 22.7. The molecule has 1 N–H and O–H groups in total. The lowest BCUT2D eigenvalue weighted by Gasteiger charge is -2.21. The van der Waals surface area contributed by atoms with Gasteiger partial charge in [0.25, 0.3) is 0 Å². The number of rotatable bonds is 5. The number of aryl methyl sites for hydroxylation is 1. The molecule has 0 saturated carbocycles. The Morgan fingerprint density at radius 2 is 2.03 bits per heavy atom. The smallest absolute Gasteiger partial charge is 0.325 e. The number of alkyl halides is 3. The number of carbonyl (C=O) groups excluding carboxylic acids is 1. The van der Waals surface area contributed by atoms with Crippen molar-refractivity contribution in [3.63, 3.8) is 0 Å². The van der Waals surface area contributed by atoms with E-state index >= 15 is 0 Å². The Morgan fingerprint density at radius 3 is 2.75 bits per heavy atom. The Balaban J connectivity index is 1.57. The van der Waals surface area contributed by atoms with Crippen LogP contribution in [0.4, 0.5) is 18.9 Å². The van der Waals surface area contributed by atoms with Crippen molar-refractivity contribution in [2.45, 2.75) is 36.9 Å². The quantitative estimate of drug-likeness (QED) is 0.441. The van der Waals surface area contributed by atoms with Gasteiger partial charge in [-0.2, -0.15) is 18.4 Å². The monoisotopic (exact) mass is 473 g/mol. The largest absolute Gasteiger partial charge is 0.416 e. The third-order valence-corrected chi connectivity index (χ3v) is 7.00. The van der Waals surface area contributed by atoms with E-state index in [0.29, 0.717) is 10.6 Å². The molecule has 164 valence electrons. The zero-order valence-corrected chi connectivity index (χ0v) is 18.5. The molecule has 0 aliphatic heterocycles. The Bertz CT molecular complexity index is 1180. The van der Waals surface area contributed by atoms with Crippen LogP contribution in [0.2, 0.25) is 0 Å². The first-order chi connectivity index (χ1) is 15.4. The van der Waals surface area contributed by atoms with Gasteiger partial charge in [-0.3, -0.25) is 4.79 Å². The lowest BCUT2D eigenvalue weighted by Crippen LogP contribution is -2.16. The average Bonchev–Trinajstić information content (AvgIpc) is 3.30. The van der Waals surface area contributed by atoms with Crippen LogP contribution in [0.3, 0.4) is 0 Å². The summed E-state index contributed by atoms with van der Waals surface area (Å²) in [7, 11) is 0. The molecule has 0 spiro atoms. The minimum absolute atomic E-state index is 0.0689. The van der Waals surface area contributed by atoms with E-state index in [4.69, 9.17) is 4.98 Å². The summed E-state index contributed by atoms with van der Waals surface area (Å²) >= 11 is 2.69. The third-order valence-electron chi connectivity index (χ3n) is 5.13. The fraction of sp³-hybridized carbons (Fsp3) is 0.261. The van der Waals surface area contributed by atoms with E-state index in [9.17, 15) is 23.2 Å². The Morgan fingerprint density at radius 1 is 1.22 bits per heavy atom. The highest BCUT2D eigenvalue weighted by Gasteiger charge is 2.30. The molecule has 3 aromatic rings. The highest BCUT2D eigenvalue weighted by Crippen LogP contribution is 2.39. The number of aromatic nitrogens is 1. The zero-order valence-electron chi connectivity index (χ0n) is 16.8. The fourth-order valence-electron chi connectivity index (χ4n) is 3.72. The van der Waals surface area contributed by atoms with E-state index in [2.05, 4.69) is 11.4 Å². The molecule has 2 heterocycles. The van der Waals surface area contributed by atoms with Gasteiger partial charge in [0.05, 0.1) is 16.9 Å². The van der Waals surface area contributed by atoms with Crippen molar-refractivity contribution >= 4 is 34.7 Å². The van der Waals surface area contributed by atoms with Gasteiger partial charge in [0, 0.05) is 21.8 Å². The van der Waals surface area contributed by atoms with Crippen LogP contribution in [0.25, 0.3) is 10.4 Å². The van der Waals surface area contributed by atoms with Crippen LogP contribution in [0, 0.1) is 11.3 Å².